The molecule has 1 saturated heterocycles. The van der Waals surface area contributed by atoms with Gasteiger partial charge in [-0.15, -0.1) is 0 Å². The van der Waals surface area contributed by atoms with E-state index < -0.39 is 29.7 Å². The van der Waals surface area contributed by atoms with Gasteiger partial charge in [0.05, 0.1) is 11.1 Å². The third kappa shape index (κ3) is 3.39. The quantitative estimate of drug-likeness (QED) is 0.547. The van der Waals surface area contributed by atoms with Gasteiger partial charge in [-0.25, -0.2) is 0 Å². The highest BCUT2D eigenvalue weighted by Gasteiger charge is 2.44. The van der Waals surface area contributed by atoms with Crippen LogP contribution in [0.25, 0.3) is 0 Å². The van der Waals surface area contributed by atoms with Crippen LogP contribution in [0, 0.1) is 0 Å². The van der Waals surface area contributed by atoms with Gasteiger partial charge in [-0.2, -0.15) is 0 Å². The molecule has 1 fully saturated rings. The second kappa shape index (κ2) is 7.36. The van der Waals surface area contributed by atoms with Gasteiger partial charge in [0.1, 0.15) is 6.04 Å². The number of imide groups is 2. The molecule has 0 spiro atoms. The maximum Gasteiger partial charge on any atom is 0.262 e. The summed E-state index contributed by atoms with van der Waals surface area (Å²) in [6.45, 7) is 0. The second-order valence-electron chi connectivity index (χ2n) is 6.05. The van der Waals surface area contributed by atoms with Gasteiger partial charge < -0.3 is 5.32 Å². The smallest absolute Gasteiger partial charge is 0.262 e. The van der Waals surface area contributed by atoms with Crippen LogP contribution in [0.4, 0.5) is 5.69 Å². The number of hydrogen-bond donors (Lipinski definition) is 2. The normalized spacial score (nSPS) is 19.4. The van der Waals surface area contributed by atoms with E-state index in [4.69, 9.17) is 0 Å². The Morgan fingerprint density at radius 3 is 2.62 bits per heavy atom. The summed E-state index contributed by atoms with van der Waals surface area (Å²) in [7, 11) is 0. The molecule has 0 aromatic heterocycles. The number of alkyl halides is 1. The van der Waals surface area contributed by atoms with Gasteiger partial charge in [-0.3, -0.25) is 34.2 Å². The Kier molecular flexibility index (Phi) is 5.17. The molecule has 5 amide bonds. The van der Waals surface area contributed by atoms with Gasteiger partial charge >= 0.3 is 0 Å². The summed E-state index contributed by atoms with van der Waals surface area (Å²) < 4.78 is 0. The fourth-order valence-corrected chi connectivity index (χ4v) is 3.28. The maximum atomic E-state index is 12.7. The summed E-state index contributed by atoms with van der Waals surface area (Å²) >= 11 is 3.25. The first kappa shape index (κ1) is 18.2. The van der Waals surface area contributed by atoms with Crippen molar-refractivity contribution < 1.29 is 24.0 Å². The molecule has 0 saturated carbocycles. The molecule has 2 N–H and O–H groups in total. The van der Waals surface area contributed by atoms with E-state index in [1.165, 1.54) is 12.1 Å². The fourth-order valence-electron chi connectivity index (χ4n) is 3.00. The van der Waals surface area contributed by atoms with E-state index >= 15 is 0 Å². The molecule has 8 nitrogen and oxygen atoms in total. The Morgan fingerprint density at radius 1 is 1.19 bits per heavy atom. The molecule has 0 bridgehead atoms. The van der Waals surface area contributed by atoms with Gasteiger partial charge in [0.25, 0.3) is 11.8 Å². The molecule has 0 radical (unpaired) electrons. The van der Waals surface area contributed by atoms with Gasteiger partial charge in [0, 0.05) is 23.9 Å². The average molecular weight is 422 g/mol. The van der Waals surface area contributed by atoms with Crippen molar-refractivity contribution in [3.8, 4) is 0 Å². The summed E-state index contributed by atoms with van der Waals surface area (Å²) in [6.07, 6.45) is 1.18. The maximum absolute atomic E-state index is 12.7. The molecule has 2 aliphatic heterocycles. The molecule has 1 aromatic rings. The van der Waals surface area contributed by atoms with Gasteiger partial charge in [0.2, 0.25) is 17.7 Å². The predicted octanol–water partition coefficient (Wildman–Crippen LogP) is 1.20. The van der Waals surface area contributed by atoms with E-state index in [2.05, 4.69) is 26.6 Å². The van der Waals surface area contributed by atoms with Crippen LogP contribution in [-0.4, -0.2) is 45.8 Å². The van der Waals surface area contributed by atoms with Crippen LogP contribution < -0.4 is 10.6 Å². The summed E-state index contributed by atoms with van der Waals surface area (Å²) in [5.41, 5.74) is 0.728. The van der Waals surface area contributed by atoms with E-state index in [0.29, 0.717) is 23.9 Å². The second-order valence-corrected chi connectivity index (χ2v) is 6.84. The number of benzene rings is 1. The Labute approximate surface area is 157 Å². The molecule has 1 aromatic carbocycles. The van der Waals surface area contributed by atoms with Crippen molar-refractivity contribution >= 4 is 51.2 Å². The van der Waals surface area contributed by atoms with Crippen molar-refractivity contribution in [3.05, 3.63) is 29.3 Å². The van der Waals surface area contributed by atoms with Gasteiger partial charge in [-0.05, 0) is 31.0 Å². The summed E-state index contributed by atoms with van der Waals surface area (Å²) in [5.74, 6) is -2.44. The van der Waals surface area contributed by atoms with Crippen LogP contribution in [-0.2, 0) is 14.4 Å². The lowest BCUT2D eigenvalue weighted by Gasteiger charge is -2.27. The monoisotopic (exact) mass is 421 g/mol. The Morgan fingerprint density at radius 2 is 1.92 bits per heavy atom. The predicted molar refractivity (Wildman–Crippen MR) is 94.8 cm³/mol. The number of nitrogens with zero attached hydrogens (tertiary/aromatic N) is 1. The van der Waals surface area contributed by atoms with Crippen molar-refractivity contribution in [1.29, 1.82) is 0 Å². The Bertz CT molecular complexity index is 823. The highest BCUT2D eigenvalue weighted by molar-refractivity contribution is 9.09. The van der Waals surface area contributed by atoms with Crippen LogP contribution in [0.2, 0.25) is 0 Å². The average Bonchev–Trinajstić information content (AvgIpc) is 2.84. The first-order chi connectivity index (χ1) is 12.4. The van der Waals surface area contributed by atoms with Crippen LogP contribution in [0.5, 0.6) is 0 Å². The number of carbonyl (C=O) groups excluding carboxylic acids is 5. The van der Waals surface area contributed by atoms with E-state index in [1.807, 2.05) is 0 Å². The molecular formula is C17H16BrN3O5. The SMILES string of the molecule is O=C1CCC(N2C(=O)c3ccc(NC(=O)CCCBr)cc3C2=O)C(=O)N1. The Balaban J connectivity index is 1.80. The third-order valence-corrected chi connectivity index (χ3v) is 4.82. The van der Waals surface area contributed by atoms with E-state index in [9.17, 15) is 24.0 Å². The number of amides is 5. The van der Waals surface area contributed by atoms with Crippen LogP contribution >= 0.6 is 15.9 Å². The zero-order valence-corrected chi connectivity index (χ0v) is 15.3. The fraction of sp³-hybridized carbons (Fsp3) is 0.353. The minimum absolute atomic E-state index is 0.0681. The number of carbonyl (C=O) groups is 5. The highest BCUT2D eigenvalue weighted by Crippen LogP contribution is 2.29. The number of piperidine rings is 1. The molecule has 9 heteroatoms. The lowest BCUT2D eigenvalue weighted by Crippen LogP contribution is -2.54. The lowest BCUT2D eigenvalue weighted by atomic mass is 10.0. The number of nitrogens with one attached hydrogen (secondary N) is 2. The van der Waals surface area contributed by atoms with Gasteiger partial charge in [0.15, 0.2) is 0 Å². The standard InChI is InChI=1S/C17H16BrN3O5/c18-7-1-2-13(22)19-9-3-4-10-11(8-9)17(26)21(16(10)25)12-5-6-14(23)20-15(12)24/h3-4,8,12H,1-2,5-7H2,(H,19,22)(H,20,23,24). The molecular weight excluding hydrogens is 406 g/mol. The van der Waals surface area contributed by atoms with Crippen LogP contribution in [0.3, 0.4) is 0 Å². The van der Waals surface area contributed by atoms with Crippen molar-refractivity contribution in [1.82, 2.24) is 10.2 Å². The minimum Gasteiger partial charge on any atom is -0.326 e. The van der Waals surface area contributed by atoms with Crippen molar-refractivity contribution in [2.24, 2.45) is 0 Å². The number of hydrogen-bond acceptors (Lipinski definition) is 5. The van der Waals surface area contributed by atoms with Crippen molar-refractivity contribution in [3.63, 3.8) is 0 Å². The van der Waals surface area contributed by atoms with Crippen LogP contribution in [0.1, 0.15) is 46.4 Å². The third-order valence-electron chi connectivity index (χ3n) is 4.26. The molecule has 3 rings (SSSR count). The first-order valence-electron chi connectivity index (χ1n) is 8.14. The zero-order valence-electron chi connectivity index (χ0n) is 13.7. The molecule has 26 heavy (non-hydrogen) atoms. The van der Waals surface area contributed by atoms with Gasteiger partial charge in [-0.1, -0.05) is 15.9 Å². The van der Waals surface area contributed by atoms with E-state index in [1.54, 1.807) is 6.07 Å². The van der Waals surface area contributed by atoms with E-state index in [0.717, 1.165) is 4.90 Å². The largest absolute Gasteiger partial charge is 0.326 e. The topological polar surface area (TPSA) is 113 Å². The molecule has 0 aliphatic carbocycles. The first-order valence-corrected chi connectivity index (χ1v) is 9.26. The molecule has 2 aliphatic rings. The van der Waals surface area contributed by atoms with Crippen LogP contribution in [0.15, 0.2) is 18.2 Å². The number of anilines is 1. The molecule has 136 valence electrons. The zero-order chi connectivity index (χ0) is 18.8. The number of halogens is 1. The number of rotatable bonds is 5. The highest BCUT2D eigenvalue weighted by atomic mass is 79.9. The molecule has 1 atom stereocenters. The summed E-state index contributed by atoms with van der Waals surface area (Å²) in [4.78, 5) is 61.2. The van der Waals surface area contributed by atoms with Crippen molar-refractivity contribution in [2.75, 3.05) is 10.6 Å². The lowest BCUT2D eigenvalue weighted by molar-refractivity contribution is -0.136. The minimum atomic E-state index is -1.00. The Hall–Kier alpha value is -2.55. The molecule has 1 unspecified atom stereocenters. The molecule has 2 heterocycles. The summed E-state index contributed by atoms with van der Waals surface area (Å²) in [6, 6.07) is 3.44. The number of fused-ring (bicyclic) bond motifs is 1. The summed E-state index contributed by atoms with van der Waals surface area (Å²) in [5, 5.41) is 5.54. The van der Waals surface area contributed by atoms with E-state index in [-0.39, 0.29) is 29.9 Å². The van der Waals surface area contributed by atoms with Crippen molar-refractivity contribution in [2.45, 2.75) is 31.7 Å².